The topological polar surface area (TPSA) is 20.2 Å². The predicted molar refractivity (Wildman–Crippen MR) is 124 cm³/mol. The van der Waals surface area contributed by atoms with E-state index in [9.17, 15) is 5.11 Å². The van der Waals surface area contributed by atoms with Gasteiger partial charge >= 0.3 is 0 Å². The molecule has 1 N–H and O–H groups in total. The molecule has 4 aliphatic rings. The molecule has 0 aromatic carbocycles. The number of aliphatic hydroxyl groups is 1. The van der Waals surface area contributed by atoms with Gasteiger partial charge in [-0.1, -0.05) is 52.3 Å². The van der Waals surface area contributed by atoms with Crippen molar-refractivity contribution in [2.75, 3.05) is 0 Å². The van der Waals surface area contributed by atoms with Gasteiger partial charge in [-0.05, 0) is 117 Å². The normalized spacial score (nSPS) is 46.0. The number of rotatable bonds is 4. The van der Waals surface area contributed by atoms with Gasteiger partial charge in [-0.15, -0.1) is 0 Å². The minimum absolute atomic E-state index is 0.0285. The molecule has 29 heavy (non-hydrogen) atoms. The first-order valence-corrected chi connectivity index (χ1v) is 12.7. The molecule has 0 aromatic heterocycles. The first-order valence-electron chi connectivity index (χ1n) is 12.7. The van der Waals surface area contributed by atoms with Crippen molar-refractivity contribution in [3.05, 3.63) is 23.3 Å². The molecule has 1 nitrogen and oxygen atoms in total. The summed E-state index contributed by atoms with van der Waals surface area (Å²) < 4.78 is 0. The molecule has 8 unspecified atom stereocenters. The summed E-state index contributed by atoms with van der Waals surface area (Å²) in [5.74, 6) is 4.95. The summed E-state index contributed by atoms with van der Waals surface area (Å²) in [5, 5.41) is 10.3. The number of allylic oxidation sites excluding steroid dienone is 4. The number of fused-ring (bicyclic) bond motifs is 5. The molecule has 1 heteroatoms. The maximum Gasteiger partial charge on any atom is 0.0543 e. The molecule has 0 amide bonds. The summed E-state index contributed by atoms with van der Waals surface area (Å²) in [7, 11) is 0. The average Bonchev–Trinajstić information content (AvgIpc) is 3.03. The van der Waals surface area contributed by atoms with Gasteiger partial charge < -0.3 is 5.11 Å². The van der Waals surface area contributed by atoms with Crippen LogP contribution in [0, 0.1) is 46.3 Å². The zero-order chi connectivity index (χ0) is 21.0. The fourth-order valence-corrected chi connectivity index (χ4v) is 8.16. The second kappa shape index (κ2) is 7.85. The highest BCUT2D eigenvalue weighted by atomic mass is 16.3. The second-order valence-electron chi connectivity index (χ2n) is 12.2. The third-order valence-corrected chi connectivity index (χ3v) is 10.6. The molecule has 0 saturated heterocycles. The Morgan fingerprint density at radius 2 is 1.86 bits per heavy atom. The van der Waals surface area contributed by atoms with Gasteiger partial charge in [0.15, 0.2) is 0 Å². The summed E-state index contributed by atoms with van der Waals surface area (Å²) in [6.07, 6.45) is 16.6. The van der Waals surface area contributed by atoms with Gasteiger partial charge in [0.2, 0.25) is 0 Å². The van der Waals surface area contributed by atoms with E-state index in [1.54, 1.807) is 11.1 Å². The van der Waals surface area contributed by atoms with Crippen molar-refractivity contribution in [2.45, 2.75) is 105 Å². The van der Waals surface area contributed by atoms with Crippen molar-refractivity contribution >= 4 is 0 Å². The van der Waals surface area contributed by atoms with Gasteiger partial charge in [-0.3, -0.25) is 0 Å². The fourth-order valence-electron chi connectivity index (χ4n) is 8.16. The first-order chi connectivity index (χ1) is 13.7. The standard InChI is InChI=1S/C28H46O/c1-18(2)19(3)7-8-20(4)24-11-12-25-23-10-9-21-17-22(29)13-15-27(21,5)26(23)14-16-28(24,25)6/h8,11,18-19,21-23,25-26,29H,7,9-10,12-17H2,1-6H3. The van der Waals surface area contributed by atoms with Crippen LogP contribution in [0.5, 0.6) is 0 Å². The minimum Gasteiger partial charge on any atom is -0.393 e. The molecule has 0 aliphatic heterocycles. The zero-order valence-electron chi connectivity index (χ0n) is 20.0. The average molecular weight is 399 g/mol. The van der Waals surface area contributed by atoms with Crippen LogP contribution in [0.15, 0.2) is 23.3 Å². The van der Waals surface area contributed by atoms with Gasteiger partial charge in [-0.2, -0.15) is 0 Å². The van der Waals surface area contributed by atoms with Crippen molar-refractivity contribution in [2.24, 2.45) is 46.3 Å². The largest absolute Gasteiger partial charge is 0.393 e. The van der Waals surface area contributed by atoms with E-state index in [-0.39, 0.29) is 6.10 Å². The molecule has 0 heterocycles. The lowest BCUT2D eigenvalue weighted by Crippen LogP contribution is -2.53. The van der Waals surface area contributed by atoms with Crippen molar-refractivity contribution in [1.82, 2.24) is 0 Å². The van der Waals surface area contributed by atoms with Gasteiger partial charge in [-0.25, -0.2) is 0 Å². The highest BCUT2D eigenvalue weighted by Gasteiger charge is 2.58. The van der Waals surface area contributed by atoms with Crippen LogP contribution in [0.1, 0.15) is 99.3 Å². The molecule has 0 aromatic rings. The Kier molecular flexibility index (Phi) is 5.86. The highest BCUT2D eigenvalue weighted by molar-refractivity contribution is 5.40. The lowest BCUT2D eigenvalue weighted by Gasteiger charge is -2.60. The van der Waals surface area contributed by atoms with Crippen LogP contribution < -0.4 is 0 Å². The van der Waals surface area contributed by atoms with Crippen molar-refractivity contribution in [3.8, 4) is 0 Å². The molecule has 4 rings (SSSR count). The molecular formula is C28H46O. The van der Waals surface area contributed by atoms with Gasteiger partial charge in [0.1, 0.15) is 0 Å². The quantitative estimate of drug-likeness (QED) is 0.518. The summed E-state index contributed by atoms with van der Waals surface area (Å²) in [5.41, 5.74) is 4.16. The van der Waals surface area contributed by atoms with E-state index in [0.29, 0.717) is 10.8 Å². The summed E-state index contributed by atoms with van der Waals surface area (Å²) >= 11 is 0. The number of hydrogen-bond donors (Lipinski definition) is 1. The number of aliphatic hydroxyl groups excluding tert-OH is 1. The maximum absolute atomic E-state index is 10.3. The van der Waals surface area contributed by atoms with Gasteiger partial charge in [0.25, 0.3) is 0 Å². The SMILES string of the molecule is CC(=CCC(C)C(C)C)C1=CCC2C3CCC4CC(O)CCC4(C)C3CCC12C. The van der Waals surface area contributed by atoms with E-state index >= 15 is 0 Å². The van der Waals surface area contributed by atoms with Crippen LogP contribution in [-0.4, -0.2) is 11.2 Å². The Hall–Kier alpha value is -0.560. The number of hydrogen-bond acceptors (Lipinski definition) is 1. The van der Waals surface area contributed by atoms with E-state index in [1.807, 2.05) is 0 Å². The maximum atomic E-state index is 10.3. The minimum atomic E-state index is -0.0285. The summed E-state index contributed by atoms with van der Waals surface area (Å²) in [4.78, 5) is 0. The van der Waals surface area contributed by atoms with Crippen molar-refractivity contribution < 1.29 is 5.11 Å². The molecule has 164 valence electrons. The molecule has 0 spiro atoms. The van der Waals surface area contributed by atoms with Crippen LogP contribution in [0.2, 0.25) is 0 Å². The van der Waals surface area contributed by atoms with Crippen LogP contribution in [-0.2, 0) is 0 Å². The third kappa shape index (κ3) is 3.58. The van der Waals surface area contributed by atoms with Crippen molar-refractivity contribution in [1.29, 1.82) is 0 Å². The molecule has 3 fully saturated rings. The summed E-state index contributed by atoms with van der Waals surface area (Å²) in [6, 6.07) is 0. The van der Waals surface area contributed by atoms with Crippen LogP contribution in [0.4, 0.5) is 0 Å². The smallest absolute Gasteiger partial charge is 0.0543 e. The molecule has 3 saturated carbocycles. The lowest BCUT2D eigenvalue weighted by atomic mass is 9.44. The predicted octanol–water partition coefficient (Wildman–Crippen LogP) is 7.55. The molecular weight excluding hydrogens is 352 g/mol. The van der Waals surface area contributed by atoms with E-state index in [1.165, 1.54) is 44.9 Å². The molecule has 0 bridgehead atoms. The van der Waals surface area contributed by atoms with E-state index in [2.05, 4.69) is 53.7 Å². The third-order valence-electron chi connectivity index (χ3n) is 10.6. The van der Waals surface area contributed by atoms with E-state index in [4.69, 9.17) is 0 Å². The molecule has 0 radical (unpaired) electrons. The second-order valence-corrected chi connectivity index (χ2v) is 12.2. The van der Waals surface area contributed by atoms with Crippen LogP contribution >= 0.6 is 0 Å². The monoisotopic (exact) mass is 398 g/mol. The Bertz CT molecular complexity index is 672. The Morgan fingerprint density at radius 1 is 1.10 bits per heavy atom. The van der Waals surface area contributed by atoms with Gasteiger partial charge in [0.05, 0.1) is 6.10 Å². The Morgan fingerprint density at radius 3 is 2.59 bits per heavy atom. The van der Waals surface area contributed by atoms with Crippen LogP contribution in [0.25, 0.3) is 0 Å². The lowest BCUT2D eigenvalue weighted by molar-refractivity contribution is -0.117. The van der Waals surface area contributed by atoms with E-state index < -0.39 is 0 Å². The fraction of sp³-hybridized carbons (Fsp3) is 0.857. The first kappa shape index (κ1) is 21.7. The summed E-state index contributed by atoms with van der Waals surface area (Å²) in [6.45, 7) is 14.7. The van der Waals surface area contributed by atoms with E-state index in [0.717, 1.165) is 48.3 Å². The van der Waals surface area contributed by atoms with Crippen LogP contribution in [0.3, 0.4) is 0 Å². The Labute approximate surface area is 180 Å². The van der Waals surface area contributed by atoms with Crippen molar-refractivity contribution in [3.63, 3.8) is 0 Å². The zero-order valence-corrected chi connectivity index (χ0v) is 20.0. The molecule has 4 aliphatic carbocycles. The highest BCUT2D eigenvalue weighted by Crippen LogP contribution is 2.66. The van der Waals surface area contributed by atoms with Gasteiger partial charge in [0, 0.05) is 0 Å². The molecule has 8 atom stereocenters. The Balaban J connectivity index is 1.52.